The van der Waals surface area contributed by atoms with Gasteiger partial charge in [0.2, 0.25) is 0 Å². The van der Waals surface area contributed by atoms with Gasteiger partial charge in [-0.2, -0.15) is 0 Å². The molecule has 0 aliphatic carbocycles. The second-order valence-electron chi connectivity index (χ2n) is 8.32. The molecule has 0 fully saturated rings. The molecule has 168 valence electrons. The molecule has 5 nitrogen and oxygen atoms in total. The third-order valence-electron chi connectivity index (χ3n) is 6.10. The van der Waals surface area contributed by atoms with Gasteiger partial charge in [0.1, 0.15) is 0 Å². The van der Waals surface area contributed by atoms with E-state index in [0.29, 0.717) is 5.69 Å². The first-order chi connectivity index (χ1) is 16.5. The quantitative estimate of drug-likeness (QED) is 0.162. The van der Waals surface area contributed by atoms with E-state index in [2.05, 4.69) is 91.6 Å². The standard InChI is InChI=1S/C28H24N3O2P/c1-30(2)34(29-23-17-19-24(20-18-23)31(32)33,27-15-7-11-21-9-3-5-13-25(21)27)28-16-8-12-22-10-4-6-14-26(22)28/h3-20H,1-2H3. The Morgan fingerprint density at radius 3 is 1.62 bits per heavy atom. The maximum absolute atomic E-state index is 11.2. The van der Waals surface area contributed by atoms with Crippen LogP contribution in [0, 0.1) is 10.1 Å². The zero-order valence-electron chi connectivity index (χ0n) is 19.0. The first-order valence-corrected chi connectivity index (χ1v) is 12.7. The smallest absolute Gasteiger partial charge is 0.269 e. The summed E-state index contributed by atoms with van der Waals surface area (Å²) in [4.78, 5) is 10.8. The maximum atomic E-state index is 11.2. The molecule has 0 atom stereocenters. The molecule has 0 aliphatic rings. The fourth-order valence-electron chi connectivity index (χ4n) is 4.53. The van der Waals surface area contributed by atoms with E-state index in [4.69, 9.17) is 4.74 Å². The molecule has 0 unspecified atom stereocenters. The number of nitro benzene ring substituents is 1. The number of hydrogen-bond donors (Lipinski definition) is 0. The van der Waals surface area contributed by atoms with E-state index in [1.165, 1.54) is 12.1 Å². The molecule has 0 bridgehead atoms. The summed E-state index contributed by atoms with van der Waals surface area (Å²) in [5.74, 6) is 0. The number of fused-ring (bicyclic) bond motifs is 2. The normalized spacial score (nSPS) is 11.7. The zero-order valence-corrected chi connectivity index (χ0v) is 19.9. The highest BCUT2D eigenvalue weighted by molar-refractivity contribution is 7.79. The van der Waals surface area contributed by atoms with Crippen molar-refractivity contribution in [3.8, 4) is 0 Å². The van der Waals surface area contributed by atoms with Gasteiger partial charge < -0.3 is 0 Å². The molecule has 0 aromatic heterocycles. The van der Waals surface area contributed by atoms with Crippen LogP contribution in [0.15, 0.2) is 114 Å². The summed E-state index contributed by atoms with van der Waals surface area (Å²) >= 11 is 0. The lowest BCUT2D eigenvalue weighted by Crippen LogP contribution is -2.28. The average molecular weight is 465 g/mol. The Balaban J connectivity index is 1.94. The van der Waals surface area contributed by atoms with Gasteiger partial charge in [-0.1, -0.05) is 84.9 Å². The first kappa shape index (κ1) is 22.0. The molecular formula is C28H24N3O2P. The fourth-order valence-corrected chi connectivity index (χ4v) is 8.18. The van der Waals surface area contributed by atoms with Gasteiger partial charge in [-0.15, -0.1) is 0 Å². The highest BCUT2D eigenvalue weighted by Crippen LogP contribution is 2.54. The van der Waals surface area contributed by atoms with E-state index in [1.807, 2.05) is 12.1 Å². The monoisotopic (exact) mass is 465 g/mol. The van der Waals surface area contributed by atoms with Crippen LogP contribution in [0.4, 0.5) is 11.4 Å². The van der Waals surface area contributed by atoms with Gasteiger partial charge in [0, 0.05) is 22.7 Å². The minimum Gasteiger partial charge on any atom is -0.269 e. The number of hydrogen-bond acceptors (Lipinski definition) is 3. The van der Waals surface area contributed by atoms with E-state index < -0.39 is 7.21 Å². The Morgan fingerprint density at radius 2 is 1.15 bits per heavy atom. The highest BCUT2D eigenvalue weighted by Gasteiger charge is 2.31. The SMILES string of the molecule is CN(C)P(=Nc1ccc([N+](=O)[O-])cc1)(c1cccc2ccccc12)c1cccc2ccccc12. The second-order valence-corrected chi connectivity index (χ2v) is 11.5. The van der Waals surface area contributed by atoms with Crippen LogP contribution in [-0.4, -0.2) is 23.7 Å². The van der Waals surface area contributed by atoms with E-state index in [0.717, 1.165) is 32.2 Å². The van der Waals surface area contributed by atoms with Crippen LogP contribution in [0.1, 0.15) is 0 Å². The van der Waals surface area contributed by atoms with Crippen molar-refractivity contribution < 1.29 is 4.92 Å². The van der Waals surface area contributed by atoms with Gasteiger partial charge in [0.05, 0.1) is 17.8 Å². The molecule has 0 spiro atoms. The summed E-state index contributed by atoms with van der Waals surface area (Å²) in [5.41, 5.74) is 0.775. The predicted octanol–water partition coefficient (Wildman–Crippen LogP) is 6.86. The van der Waals surface area contributed by atoms with Crippen molar-refractivity contribution in [3.63, 3.8) is 0 Å². The Hall–Kier alpha value is -3.79. The molecule has 6 heteroatoms. The molecule has 0 saturated carbocycles. The molecule has 0 saturated heterocycles. The molecule has 0 amide bonds. The predicted molar refractivity (Wildman–Crippen MR) is 143 cm³/mol. The number of nitrogens with zero attached hydrogens (tertiary/aromatic N) is 3. The Bertz CT molecular complexity index is 1480. The Kier molecular flexibility index (Phi) is 5.74. The minimum atomic E-state index is -2.54. The van der Waals surface area contributed by atoms with E-state index in [9.17, 15) is 10.1 Å². The number of nitro groups is 1. The van der Waals surface area contributed by atoms with Crippen LogP contribution in [0.5, 0.6) is 0 Å². The summed E-state index contributed by atoms with van der Waals surface area (Å²) in [6, 6.07) is 36.1. The molecular weight excluding hydrogens is 441 g/mol. The third kappa shape index (κ3) is 3.69. The minimum absolute atomic E-state index is 0.0584. The molecule has 5 rings (SSSR count). The van der Waals surface area contributed by atoms with Crippen LogP contribution < -0.4 is 10.6 Å². The number of non-ortho nitro benzene ring substituents is 1. The highest BCUT2D eigenvalue weighted by atomic mass is 31.2. The van der Waals surface area contributed by atoms with Crippen molar-refractivity contribution in [2.75, 3.05) is 14.1 Å². The van der Waals surface area contributed by atoms with Gasteiger partial charge in [-0.05, 0) is 47.8 Å². The summed E-state index contributed by atoms with van der Waals surface area (Å²) in [6.45, 7) is 0. The molecule has 34 heavy (non-hydrogen) atoms. The molecule has 0 heterocycles. The fraction of sp³-hybridized carbons (Fsp3) is 0.0714. The van der Waals surface area contributed by atoms with E-state index in [-0.39, 0.29) is 10.6 Å². The van der Waals surface area contributed by atoms with Gasteiger partial charge in [0.15, 0.2) is 0 Å². The maximum Gasteiger partial charge on any atom is 0.269 e. The van der Waals surface area contributed by atoms with E-state index in [1.54, 1.807) is 12.1 Å². The Morgan fingerprint density at radius 1 is 0.676 bits per heavy atom. The lowest BCUT2D eigenvalue weighted by molar-refractivity contribution is -0.384. The number of rotatable bonds is 5. The lowest BCUT2D eigenvalue weighted by Gasteiger charge is -2.34. The lowest BCUT2D eigenvalue weighted by atomic mass is 10.1. The molecule has 5 aromatic carbocycles. The van der Waals surface area contributed by atoms with Gasteiger partial charge in [0.25, 0.3) is 5.69 Å². The van der Waals surface area contributed by atoms with E-state index >= 15 is 0 Å². The third-order valence-corrected chi connectivity index (χ3v) is 9.91. The molecule has 5 aromatic rings. The number of benzene rings is 5. The van der Waals surface area contributed by atoms with Crippen LogP contribution in [0.2, 0.25) is 0 Å². The first-order valence-electron chi connectivity index (χ1n) is 11.0. The summed E-state index contributed by atoms with van der Waals surface area (Å²) in [7, 11) is 1.62. The Labute approximate surface area is 198 Å². The average Bonchev–Trinajstić information content (AvgIpc) is 2.87. The van der Waals surface area contributed by atoms with Gasteiger partial charge >= 0.3 is 0 Å². The van der Waals surface area contributed by atoms with Crippen LogP contribution in [0.25, 0.3) is 21.5 Å². The van der Waals surface area contributed by atoms with Crippen molar-refractivity contribution >= 4 is 50.7 Å². The molecule has 0 radical (unpaired) electrons. The van der Waals surface area contributed by atoms with Crippen LogP contribution in [0.3, 0.4) is 0 Å². The summed E-state index contributed by atoms with van der Waals surface area (Å²) in [5, 5.41) is 18.2. The summed E-state index contributed by atoms with van der Waals surface area (Å²) in [6.07, 6.45) is 0. The molecule has 0 N–H and O–H groups in total. The second kappa shape index (κ2) is 8.86. The van der Waals surface area contributed by atoms with Crippen LogP contribution >= 0.6 is 7.21 Å². The zero-order chi connectivity index (χ0) is 23.7. The van der Waals surface area contributed by atoms with Gasteiger partial charge in [-0.25, -0.2) is 4.74 Å². The van der Waals surface area contributed by atoms with Gasteiger partial charge in [-0.3, -0.25) is 14.8 Å². The van der Waals surface area contributed by atoms with Crippen LogP contribution in [-0.2, 0) is 0 Å². The van der Waals surface area contributed by atoms with Crippen molar-refractivity contribution in [1.82, 2.24) is 4.67 Å². The van der Waals surface area contributed by atoms with Crippen molar-refractivity contribution in [2.24, 2.45) is 4.74 Å². The van der Waals surface area contributed by atoms with Crippen molar-refractivity contribution in [3.05, 3.63) is 119 Å². The summed E-state index contributed by atoms with van der Waals surface area (Å²) < 4.78 is 7.68. The topological polar surface area (TPSA) is 58.7 Å². The molecule has 0 aliphatic heterocycles. The van der Waals surface area contributed by atoms with Crippen molar-refractivity contribution in [1.29, 1.82) is 0 Å². The van der Waals surface area contributed by atoms with Crippen molar-refractivity contribution in [2.45, 2.75) is 0 Å². The largest absolute Gasteiger partial charge is 0.269 e.